The van der Waals surface area contributed by atoms with Crippen LogP contribution >= 0.6 is 0 Å². The zero-order valence-electron chi connectivity index (χ0n) is 10.0. The molecule has 0 fully saturated rings. The highest BCUT2D eigenvalue weighted by Crippen LogP contribution is 2.22. The van der Waals surface area contributed by atoms with Gasteiger partial charge in [-0.3, -0.25) is 11.3 Å². The number of nitrogens with one attached hydrogen (secondary N) is 1. The number of hydrogen-bond donors (Lipinski definition) is 2. The lowest BCUT2D eigenvalue weighted by Crippen LogP contribution is -2.29. The molecule has 1 atom stereocenters. The second-order valence-electron chi connectivity index (χ2n) is 4.21. The quantitative estimate of drug-likeness (QED) is 0.507. The maximum atomic E-state index is 13.2. The smallest absolute Gasteiger partial charge is 0.194 e. The van der Waals surface area contributed by atoms with Gasteiger partial charge in [0.25, 0.3) is 0 Å². The van der Waals surface area contributed by atoms with E-state index in [2.05, 4.69) is 5.43 Å². The van der Waals surface area contributed by atoms with E-state index >= 15 is 0 Å². The Balaban J connectivity index is 2.27. The van der Waals surface area contributed by atoms with E-state index in [9.17, 15) is 13.2 Å². The van der Waals surface area contributed by atoms with Gasteiger partial charge in [-0.15, -0.1) is 0 Å². The van der Waals surface area contributed by atoms with Gasteiger partial charge in [0.15, 0.2) is 17.5 Å². The molecule has 0 spiro atoms. The standard InChI is InChI=1S/C14H13F3N2/c15-11-7-10(8-12(16)14(11)17)13(19-18)6-9-4-2-1-3-5-9/h1-5,7-8,13,19H,6,18H2. The molecule has 2 nitrogen and oxygen atoms in total. The lowest BCUT2D eigenvalue weighted by atomic mass is 9.99. The van der Waals surface area contributed by atoms with Crippen molar-refractivity contribution in [2.45, 2.75) is 12.5 Å². The van der Waals surface area contributed by atoms with Gasteiger partial charge in [-0.25, -0.2) is 13.2 Å². The van der Waals surface area contributed by atoms with Crippen molar-refractivity contribution in [3.8, 4) is 0 Å². The third kappa shape index (κ3) is 3.13. The van der Waals surface area contributed by atoms with Crippen LogP contribution in [0.1, 0.15) is 17.2 Å². The van der Waals surface area contributed by atoms with Crippen molar-refractivity contribution in [2.75, 3.05) is 0 Å². The lowest BCUT2D eigenvalue weighted by Gasteiger charge is -2.17. The molecule has 0 aliphatic carbocycles. The summed E-state index contributed by atoms with van der Waals surface area (Å²) in [5.74, 6) is 1.49. The molecule has 0 aliphatic heterocycles. The van der Waals surface area contributed by atoms with Crippen LogP contribution in [0.4, 0.5) is 13.2 Å². The molecule has 1 unspecified atom stereocenters. The third-order valence-corrected chi connectivity index (χ3v) is 2.89. The Morgan fingerprint density at radius 1 is 1.00 bits per heavy atom. The maximum Gasteiger partial charge on any atom is 0.194 e. The van der Waals surface area contributed by atoms with Gasteiger partial charge in [-0.2, -0.15) is 0 Å². The van der Waals surface area contributed by atoms with Crippen molar-refractivity contribution in [3.63, 3.8) is 0 Å². The number of hydrogen-bond acceptors (Lipinski definition) is 2. The molecule has 5 heteroatoms. The van der Waals surface area contributed by atoms with Crippen LogP contribution < -0.4 is 11.3 Å². The first-order valence-electron chi connectivity index (χ1n) is 5.76. The first kappa shape index (κ1) is 13.6. The largest absolute Gasteiger partial charge is 0.271 e. The molecular formula is C14H13F3N2. The molecule has 2 aromatic carbocycles. The first-order valence-corrected chi connectivity index (χ1v) is 5.76. The summed E-state index contributed by atoms with van der Waals surface area (Å²) in [6.07, 6.45) is 0.446. The van der Waals surface area contributed by atoms with Gasteiger partial charge in [0.05, 0.1) is 6.04 Å². The summed E-state index contributed by atoms with van der Waals surface area (Å²) in [6, 6.07) is 10.7. The van der Waals surface area contributed by atoms with E-state index in [-0.39, 0.29) is 5.56 Å². The van der Waals surface area contributed by atoms with Crippen molar-refractivity contribution >= 4 is 0 Å². The topological polar surface area (TPSA) is 38.0 Å². The van der Waals surface area contributed by atoms with Crippen molar-refractivity contribution < 1.29 is 13.2 Å². The first-order chi connectivity index (χ1) is 9.11. The van der Waals surface area contributed by atoms with Gasteiger partial charge < -0.3 is 0 Å². The van der Waals surface area contributed by atoms with E-state index in [1.54, 1.807) is 0 Å². The SMILES string of the molecule is NNC(Cc1ccccc1)c1cc(F)c(F)c(F)c1. The molecule has 0 saturated carbocycles. The summed E-state index contributed by atoms with van der Waals surface area (Å²) in [6.45, 7) is 0. The summed E-state index contributed by atoms with van der Waals surface area (Å²) in [5.41, 5.74) is 3.71. The summed E-state index contributed by atoms with van der Waals surface area (Å²) < 4.78 is 39.3. The Labute approximate surface area is 109 Å². The van der Waals surface area contributed by atoms with Crippen LogP contribution in [0.2, 0.25) is 0 Å². The predicted octanol–water partition coefficient (Wildman–Crippen LogP) is 2.85. The second kappa shape index (κ2) is 5.86. The Hall–Kier alpha value is -1.85. The van der Waals surface area contributed by atoms with Gasteiger partial charge in [0.1, 0.15) is 0 Å². The normalized spacial score (nSPS) is 12.4. The molecule has 19 heavy (non-hydrogen) atoms. The van der Waals surface area contributed by atoms with Gasteiger partial charge in [-0.05, 0) is 29.7 Å². The number of halogens is 3. The van der Waals surface area contributed by atoms with Crippen LogP contribution in [0.15, 0.2) is 42.5 Å². The van der Waals surface area contributed by atoms with Crippen LogP contribution in [0.5, 0.6) is 0 Å². The molecule has 0 radical (unpaired) electrons. The summed E-state index contributed by atoms with van der Waals surface area (Å²) in [4.78, 5) is 0. The highest BCUT2D eigenvalue weighted by Gasteiger charge is 2.16. The molecule has 2 aromatic rings. The summed E-state index contributed by atoms with van der Waals surface area (Å²) in [5, 5.41) is 0. The minimum Gasteiger partial charge on any atom is -0.271 e. The van der Waals surface area contributed by atoms with Crippen molar-refractivity contribution in [1.82, 2.24) is 5.43 Å². The number of hydrazine groups is 1. The molecule has 0 aliphatic rings. The molecule has 0 aromatic heterocycles. The van der Waals surface area contributed by atoms with Gasteiger partial charge in [0.2, 0.25) is 0 Å². The van der Waals surface area contributed by atoms with Crippen LogP contribution in [-0.2, 0) is 6.42 Å². The van der Waals surface area contributed by atoms with Crippen LogP contribution in [0.3, 0.4) is 0 Å². The fourth-order valence-corrected chi connectivity index (χ4v) is 1.90. The monoisotopic (exact) mass is 266 g/mol. The molecule has 0 heterocycles. The Kier molecular flexibility index (Phi) is 4.19. The highest BCUT2D eigenvalue weighted by atomic mass is 19.2. The Bertz CT molecular complexity index is 535. The van der Waals surface area contributed by atoms with Crippen molar-refractivity contribution in [3.05, 3.63) is 71.0 Å². The predicted molar refractivity (Wildman–Crippen MR) is 66.5 cm³/mol. The molecule has 0 bridgehead atoms. The van der Waals surface area contributed by atoms with Gasteiger partial charge in [-0.1, -0.05) is 30.3 Å². The Morgan fingerprint density at radius 2 is 1.58 bits per heavy atom. The fraction of sp³-hybridized carbons (Fsp3) is 0.143. The second-order valence-corrected chi connectivity index (χ2v) is 4.21. The van der Waals surface area contributed by atoms with E-state index in [1.807, 2.05) is 30.3 Å². The summed E-state index contributed by atoms with van der Waals surface area (Å²) in [7, 11) is 0. The van der Waals surface area contributed by atoms with Crippen molar-refractivity contribution in [2.24, 2.45) is 5.84 Å². The maximum absolute atomic E-state index is 13.2. The summed E-state index contributed by atoms with van der Waals surface area (Å²) >= 11 is 0. The van der Waals surface area contributed by atoms with Gasteiger partial charge >= 0.3 is 0 Å². The zero-order valence-corrected chi connectivity index (χ0v) is 10.0. The molecule has 2 rings (SSSR count). The minimum absolute atomic E-state index is 0.266. The van der Waals surface area contributed by atoms with E-state index in [0.29, 0.717) is 6.42 Å². The van der Waals surface area contributed by atoms with Gasteiger partial charge in [0, 0.05) is 0 Å². The minimum atomic E-state index is -1.47. The van der Waals surface area contributed by atoms with Crippen LogP contribution in [-0.4, -0.2) is 0 Å². The number of nitrogens with two attached hydrogens (primary N) is 1. The van der Waals surface area contributed by atoms with E-state index in [0.717, 1.165) is 17.7 Å². The average molecular weight is 266 g/mol. The average Bonchev–Trinajstić information content (AvgIpc) is 2.42. The lowest BCUT2D eigenvalue weighted by molar-refractivity contribution is 0.439. The molecule has 100 valence electrons. The number of rotatable bonds is 4. The van der Waals surface area contributed by atoms with E-state index in [4.69, 9.17) is 5.84 Å². The van der Waals surface area contributed by atoms with Crippen molar-refractivity contribution in [1.29, 1.82) is 0 Å². The molecule has 0 saturated heterocycles. The number of benzene rings is 2. The molecule has 0 amide bonds. The molecule has 3 N–H and O–H groups in total. The third-order valence-electron chi connectivity index (χ3n) is 2.89. The van der Waals surface area contributed by atoms with Crippen LogP contribution in [0, 0.1) is 17.5 Å². The van der Waals surface area contributed by atoms with Crippen LogP contribution in [0.25, 0.3) is 0 Å². The molecular weight excluding hydrogens is 253 g/mol. The Morgan fingerprint density at radius 3 is 2.11 bits per heavy atom. The highest BCUT2D eigenvalue weighted by molar-refractivity contribution is 5.25. The van der Waals surface area contributed by atoms with E-state index < -0.39 is 23.5 Å². The fourth-order valence-electron chi connectivity index (χ4n) is 1.90. The zero-order chi connectivity index (χ0) is 13.8. The van der Waals surface area contributed by atoms with E-state index in [1.165, 1.54) is 0 Å².